The average molecular weight is 345 g/mol. The number of hydrogen-bond donors (Lipinski definition) is 1. The van der Waals surface area contributed by atoms with Crippen LogP contribution in [0.2, 0.25) is 0 Å². The summed E-state index contributed by atoms with van der Waals surface area (Å²) in [5, 5.41) is 10.2. The number of ether oxygens (including phenoxy) is 1. The molecular weight excluding hydrogens is 321 g/mol. The molecular formula is C20H24FNO3. The number of Topliss-reactive ketones (excluding diaryl/α,β-unsaturated/α-hetero) is 1. The maximum atomic E-state index is 13.0. The molecule has 2 aromatic carbocycles. The monoisotopic (exact) mass is 345 g/mol. The number of benzene rings is 2. The maximum Gasteiger partial charge on any atom is 0.159 e. The third-order valence-electron chi connectivity index (χ3n) is 4.20. The highest BCUT2D eigenvalue weighted by atomic mass is 19.1. The molecule has 134 valence electrons. The molecule has 2 atom stereocenters. The van der Waals surface area contributed by atoms with Crippen LogP contribution < -0.4 is 4.74 Å². The van der Waals surface area contributed by atoms with Gasteiger partial charge in [0.15, 0.2) is 5.78 Å². The Morgan fingerprint density at radius 2 is 1.92 bits per heavy atom. The zero-order valence-corrected chi connectivity index (χ0v) is 14.8. The Bertz CT molecular complexity index is 702. The summed E-state index contributed by atoms with van der Waals surface area (Å²) in [6, 6.07) is 13.3. The lowest BCUT2D eigenvalue weighted by Gasteiger charge is -2.27. The van der Waals surface area contributed by atoms with E-state index in [1.54, 1.807) is 36.4 Å². The summed E-state index contributed by atoms with van der Waals surface area (Å²) in [7, 11) is 1.90. The molecule has 0 bridgehead atoms. The second kappa shape index (κ2) is 8.74. The third-order valence-corrected chi connectivity index (χ3v) is 4.20. The first-order valence-corrected chi connectivity index (χ1v) is 8.24. The molecule has 0 fully saturated rings. The number of likely N-dealkylation sites (N-methyl/N-ethyl adjacent to an activating group) is 1. The van der Waals surface area contributed by atoms with Gasteiger partial charge in [0.2, 0.25) is 0 Å². The molecule has 4 nitrogen and oxygen atoms in total. The van der Waals surface area contributed by atoms with Crippen molar-refractivity contribution in [2.75, 3.05) is 20.2 Å². The Balaban J connectivity index is 1.86. The molecule has 0 saturated carbocycles. The number of nitrogens with zero attached hydrogens (tertiary/aromatic N) is 1. The van der Waals surface area contributed by atoms with Crippen LogP contribution in [-0.2, 0) is 0 Å². The van der Waals surface area contributed by atoms with Gasteiger partial charge in [-0.15, -0.1) is 0 Å². The number of rotatable bonds is 8. The van der Waals surface area contributed by atoms with E-state index in [2.05, 4.69) is 0 Å². The fourth-order valence-corrected chi connectivity index (χ4v) is 2.54. The van der Waals surface area contributed by atoms with Crippen molar-refractivity contribution < 1.29 is 19.0 Å². The Morgan fingerprint density at radius 1 is 1.24 bits per heavy atom. The van der Waals surface area contributed by atoms with Crippen molar-refractivity contribution in [3.05, 3.63) is 65.5 Å². The molecule has 0 spiro atoms. The minimum absolute atomic E-state index is 0.0288. The van der Waals surface area contributed by atoms with E-state index in [4.69, 9.17) is 4.74 Å². The molecule has 0 saturated heterocycles. The smallest absolute Gasteiger partial charge is 0.159 e. The molecule has 0 aromatic heterocycles. The number of aliphatic hydroxyl groups is 1. The Kier molecular flexibility index (Phi) is 6.67. The fraction of sp³-hybridized carbons (Fsp3) is 0.350. The number of hydrogen-bond acceptors (Lipinski definition) is 4. The largest absolute Gasteiger partial charge is 0.491 e. The van der Waals surface area contributed by atoms with Crippen molar-refractivity contribution in [2.45, 2.75) is 26.0 Å². The van der Waals surface area contributed by atoms with Crippen LogP contribution >= 0.6 is 0 Å². The molecule has 0 heterocycles. The summed E-state index contributed by atoms with van der Waals surface area (Å²) in [6.45, 7) is 4.03. The number of carbonyl (C=O) groups is 1. The first kappa shape index (κ1) is 19.1. The molecule has 25 heavy (non-hydrogen) atoms. The van der Waals surface area contributed by atoms with Crippen LogP contribution in [0, 0.1) is 5.82 Å². The lowest BCUT2D eigenvalue weighted by atomic mass is 10.1. The normalized spacial score (nSPS) is 13.5. The predicted octanol–water partition coefficient (Wildman–Crippen LogP) is 3.46. The summed E-state index contributed by atoms with van der Waals surface area (Å²) in [5.74, 6) is 0.264. The van der Waals surface area contributed by atoms with Crippen molar-refractivity contribution in [2.24, 2.45) is 0 Å². The molecule has 2 aromatic rings. The molecule has 0 amide bonds. The Morgan fingerprint density at radius 3 is 2.56 bits per heavy atom. The molecule has 0 aliphatic rings. The lowest BCUT2D eigenvalue weighted by molar-refractivity contribution is 0.0653. The SMILES string of the molecule is CC(=O)c1cccc(OC[C@@H](O)CN(C)[C@@H](C)c2ccc(F)cc2)c1. The zero-order chi connectivity index (χ0) is 18.4. The number of halogens is 1. The second-order valence-corrected chi connectivity index (χ2v) is 6.22. The van der Waals surface area contributed by atoms with Gasteiger partial charge >= 0.3 is 0 Å². The fourth-order valence-electron chi connectivity index (χ4n) is 2.54. The summed E-state index contributed by atoms with van der Waals surface area (Å²) in [5.41, 5.74) is 1.56. The lowest BCUT2D eigenvalue weighted by Crippen LogP contribution is -2.34. The minimum atomic E-state index is -0.686. The van der Waals surface area contributed by atoms with E-state index in [0.717, 1.165) is 5.56 Å². The van der Waals surface area contributed by atoms with Crippen LogP contribution in [0.1, 0.15) is 35.8 Å². The van der Waals surface area contributed by atoms with Crippen molar-refractivity contribution >= 4 is 5.78 Å². The topological polar surface area (TPSA) is 49.8 Å². The highest BCUT2D eigenvalue weighted by Crippen LogP contribution is 2.19. The molecule has 2 rings (SSSR count). The molecule has 0 unspecified atom stereocenters. The second-order valence-electron chi connectivity index (χ2n) is 6.22. The number of carbonyl (C=O) groups excluding carboxylic acids is 1. The van der Waals surface area contributed by atoms with E-state index in [-0.39, 0.29) is 24.2 Å². The highest BCUT2D eigenvalue weighted by molar-refractivity contribution is 5.94. The van der Waals surface area contributed by atoms with E-state index in [1.165, 1.54) is 19.1 Å². The van der Waals surface area contributed by atoms with Crippen molar-refractivity contribution in [1.82, 2.24) is 4.90 Å². The van der Waals surface area contributed by atoms with Gasteiger partial charge in [-0.25, -0.2) is 4.39 Å². The quantitative estimate of drug-likeness (QED) is 0.745. The molecule has 0 radical (unpaired) electrons. The summed E-state index contributed by atoms with van der Waals surface area (Å²) in [4.78, 5) is 13.4. The van der Waals surface area contributed by atoms with Gasteiger partial charge < -0.3 is 9.84 Å². The zero-order valence-electron chi connectivity index (χ0n) is 14.8. The Labute approximate surface area is 147 Å². The van der Waals surface area contributed by atoms with E-state index >= 15 is 0 Å². The molecule has 0 aliphatic heterocycles. The maximum absolute atomic E-state index is 13.0. The molecule has 0 aliphatic carbocycles. The van der Waals surface area contributed by atoms with Gasteiger partial charge in [-0.1, -0.05) is 24.3 Å². The third kappa shape index (κ3) is 5.66. The Hall–Kier alpha value is -2.24. The van der Waals surface area contributed by atoms with Gasteiger partial charge in [0.25, 0.3) is 0 Å². The first-order valence-electron chi connectivity index (χ1n) is 8.24. The minimum Gasteiger partial charge on any atom is -0.491 e. The van der Waals surface area contributed by atoms with Crippen LogP contribution in [0.3, 0.4) is 0 Å². The van der Waals surface area contributed by atoms with E-state index in [1.807, 2.05) is 18.9 Å². The van der Waals surface area contributed by atoms with Crippen LogP contribution in [0.25, 0.3) is 0 Å². The van der Waals surface area contributed by atoms with Gasteiger partial charge in [-0.3, -0.25) is 9.69 Å². The average Bonchev–Trinajstić information content (AvgIpc) is 2.60. The number of ketones is 1. The summed E-state index contributed by atoms with van der Waals surface area (Å²) >= 11 is 0. The van der Waals surface area contributed by atoms with Gasteiger partial charge in [0.05, 0.1) is 0 Å². The van der Waals surface area contributed by atoms with E-state index < -0.39 is 6.10 Å². The predicted molar refractivity (Wildman–Crippen MR) is 95.4 cm³/mol. The summed E-state index contributed by atoms with van der Waals surface area (Å²) < 4.78 is 18.6. The van der Waals surface area contributed by atoms with Crippen LogP contribution in [-0.4, -0.2) is 42.1 Å². The van der Waals surface area contributed by atoms with Crippen LogP contribution in [0.5, 0.6) is 5.75 Å². The standard InChI is InChI=1S/C20H24FNO3/c1-14(16-7-9-18(21)10-8-16)22(3)12-19(24)13-25-20-6-4-5-17(11-20)15(2)23/h4-11,14,19,24H,12-13H2,1-3H3/t14-,19-/m0/s1. The number of aliphatic hydroxyl groups excluding tert-OH is 1. The van der Waals surface area contributed by atoms with Gasteiger partial charge in [0.1, 0.15) is 24.3 Å². The van der Waals surface area contributed by atoms with E-state index in [9.17, 15) is 14.3 Å². The van der Waals surface area contributed by atoms with Gasteiger partial charge in [-0.2, -0.15) is 0 Å². The summed E-state index contributed by atoms with van der Waals surface area (Å²) in [6.07, 6.45) is -0.686. The van der Waals surface area contributed by atoms with Crippen LogP contribution in [0.4, 0.5) is 4.39 Å². The van der Waals surface area contributed by atoms with Crippen molar-refractivity contribution in [3.8, 4) is 5.75 Å². The van der Waals surface area contributed by atoms with E-state index in [0.29, 0.717) is 17.9 Å². The van der Waals surface area contributed by atoms with Crippen molar-refractivity contribution in [3.63, 3.8) is 0 Å². The van der Waals surface area contributed by atoms with Crippen molar-refractivity contribution in [1.29, 1.82) is 0 Å². The van der Waals surface area contributed by atoms with Crippen LogP contribution in [0.15, 0.2) is 48.5 Å². The molecule has 1 N–H and O–H groups in total. The first-order chi connectivity index (χ1) is 11.9. The molecule has 5 heteroatoms. The van der Waals surface area contributed by atoms with Gasteiger partial charge in [-0.05, 0) is 50.7 Å². The highest BCUT2D eigenvalue weighted by Gasteiger charge is 2.16. The van der Waals surface area contributed by atoms with Gasteiger partial charge in [0, 0.05) is 18.2 Å².